The number of benzene rings is 1. The van der Waals surface area contributed by atoms with Crippen LogP contribution in [0, 0.1) is 0 Å². The summed E-state index contributed by atoms with van der Waals surface area (Å²) in [5.74, 6) is 0. The third kappa shape index (κ3) is 6.47. The minimum Gasteiger partial charge on any atom is -0.383 e. The van der Waals surface area contributed by atoms with Crippen molar-refractivity contribution in [3.8, 4) is 0 Å². The first-order valence-electron chi connectivity index (χ1n) is 7.84. The number of nitrogens with zero attached hydrogens (tertiary/aromatic N) is 1. The Morgan fingerprint density at radius 3 is 2.67 bits per heavy atom. The Labute approximate surface area is 138 Å². The van der Waals surface area contributed by atoms with Gasteiger partial charge in [-0.1, -0.05) is 41.9 Å². The highest BCUT2D eigenvalue weighted by molar-refractivity contribution is 9.10. The maximum Gasteiger partial charge on any atom is 0.0615 e. The molecule has 1 rings (SSSR count). The first-order valence-corrected chi connectivity index (χ1v) is 8.63. The van der Waals surface area contributed by atoms with Gasteiger partial charge in [0.25, 0.3) is 0 Å². The number of hydrogen-bond acceptors (Lipinski definition) is 3. The summed E-state index contributed by atoms with van der Waals surface area (Å²) in [7, 11) is 1.77. The van der Waals surface area contributed by atoms with Crippen LogP contribution < -0.4 is 5.32 Å². The van der Waals surface area contributed by atoms with Crippen molar-refractivity contribution in [3.05, 3.63) is 34.3 Å². The zero-order chi connectivity index (χ0) is 15.7. The third-order valence-electron chi connectivity index (χ3n) is 3.84. The number of hydrogen-bond donors (Lipinski definition) is 1. The second kappa shape index (κ2) is 10.3. The fraction of sp³-hybridized carbons (Fsp3) is 0.647. The number of ether oxygens (including phenoxy) is 1. The zero-order valence-corrected chi connectivity index (χ0v) is 15.3. The van der Waals surface area contributed by atoms with E-state index in [0.717, 1.165) is 37.1 Å². The molecule has 1 aromatic rings. The van der Waals surface area contributed by atoms with Crippen molar-refractivity contribution in [2.75, 3.05) is 33.4 Å². The molecule has 0 radical (unpaired) electrons. The molecule has 0 amide bonds. The first-order chi connectivity index (χ1) is 10.1. The molecule has 120 valence electrons. The van der Waals surface area contributed by atoms with Gasteiger partial charge in [-0.2, -0.15) is 0 Å². The van der Waals surface area contributed by atoms with E-state index in [4.69, 9.17) is 4.74 Å². The Morgan fingerprint density at radius 2 is 2.10 bits per heavy atom. The number of rotatable bonds is 10. The molecule has 3 nitrogen and oxygen atoms in total. The lowest BCUT2D eigenvalue weighted by atomic mass is 10.0. The van der Waals surface area contributed by atoms with Crippen LogP contribution in [0.3, 0.4) is 0 Å². The molecule has 0 bridgehead atoms. The molecule has 0 spiro atoms. The molecule has 0 aliphatic heterocycles. The van der Waals surface area contributed by atoms with Crippen molar-refractivity contribution < 1.29 is 4.74 Å². The fourth-order valence-corrected chi connectivity index (χ4v) is 3.10. The normalized spacial score (nSPS) is 14.4. The van der Waals surface area contributed by atoms with Crippen molar-refractivity contribution in [2.45, 2.75) is 39.3 Å². The lowest BCUT2D eigenvalue weighted by molar-refractivity contribution is 0.0997. The Bertz CT molecular complexity index is 400. The molecular formula is C17H29BrN2O. The third-order valence-corrected chi connectivity index (χ3v) is 4.34. The predicted octanol–water partition coefficient (Wildman–Crippen LogP) is 3.85. The molecule has 0 aliphatic rings. The van der Waals surface area contributed by atoms with Gasteiger partial charge in [-0.3, -0.25) is 4.90 Å². The van der Waals surface area contributed by atoms with Crippen LogP contribution in [0.25, 0.3) is 0 Å². The second-order valence-electron chi connectivity index (χ2n) is 5.39. The van der Waals surface area contributed by atoms with E-state index in [9.17, 15) is 0 Å². The molecule has 1 aromatic carbocycles. The highest BCUT2D eigenvalue weighted by Crippen LogP contribution is 2.21. The van der Waals surface area contributed by atoms with Gasteiger partial charge in [0, 0.05) is 30.2 Å². The second-order valence-corrected chi connectivity index (χ2v) is 6.30. The molecule has 0 saturated heterocycles. The summed E-state index contributed by atoms with van der Waals surface area (Å²) in [5, 5.41) is 3.60. The maximum absolute atomic E-state index is 5.28. The molecule has 4 heteroatoms. The average Bonchev–Trinajstić information content (AvgIpc) is 2.47. The molecule has 0 saturated carbocycles. The van der Waals surface area contributed by atoms with Crippen LogP contribution in [0.4, 0.5) is 0 Å². The summed E-state index contributed by atoms with van der Waals surface area (Å²) in [6.07, 6.45) is 1.10. The highest BCUT2D eigenvalue weighted by Gasteiger charge is 2.16. The minimum absolute atomic E-state index is 0.399. The number of nitrogens with one attached hydrogen (secondary N) is 1. The average molecular weight is 357 g/mol. The molecule has 0 fully saturated rings. The van der Waals surface area contributed by atoms with Crippen LogP contribution in [0.1, 0.15) is 38.8 Å². The van der Waals surface area contributed by atoms with Crippen molar-refractivity contribution >= 4 is 15.9 Å². The van der Waals surface area contributed by atoms with Crippen LogP contribution in [0.2, 0.25) is 0 Å². The van der Waals surface area contributed by atoms with E-state index in [1.54, 1.807) is 7.11 Å². The first kappa shape index (κ1) is 18.6. The van der Waals surface area contributed by atoms with E-state index in [1.807, 2.05) is 0 Å². The Balaban J connectivity index is 2.65. The summed E-state index contributed by atoms with van der Waals surface area (Å²) in [4.78, 5) is 2.48. The van der Waals surface area contributed by atoms with Gasteiger partial charge < -0.3 is 10.1 Å². The SMILES string of the molecule is CCNC(CCN(CC)C(C)COC)c1cccc(Br)c1. The van der Waals surface area contributed by atoms with E-state index < -0.39 is 0 Å². The van der Waals surface area contributed by atoms with Crippen molar-refractivity contribution in [1.82, 2.24) is 10.2 Å². The lowest BCUT2D eigenvalue weighted by Gasteiger charge is -2.29. The maximum atomic E-state index is 5.28. The lowest BCUT2D eigenvalue weighted by Crippen LogP contribution is -2.38. The van der Waals surface area contributed by atoms with E-state index in [2.05, 4.69) is 71.2 Å². The Hall–Kier alpha value is -0.420. The van der Waals surface area contributed by atoms with Gasteiger partial charge in [0.2, 0.25) is 0 Å². The standard InChI is InChI=1S/C17H29BrN2O/c1-5-19-17(15-8-7-9-16(18)12-15)10-11-20(6-2)14(3)13-21-4/h7-9,12,14,17,19H,5-6,10-11,13H2,1-4H3. The summed E-state index contributed by atoms with van der Waals surface area (Å²) in [5.41, 5.74) is 1.35. The van der Waals surface area contributed by atoms with Gasteiger partial charge in [0.1, 0.15) is 0 Å². The fourth-order valence-electron chi connectivity index (χ4n) is 2.69. The smallest absolute Gasteiger partial charge is 0.0615 e. The predicted molar refractivity (Wildman–Crippen MR) is 93.8 cm³/mol. The van der Waals surface area contributed by atoms with Crippen LogP contribution in [0.5, 0.6) is 0 Å². The number of halogens is 1. The molecule has 0 aromatic heterocycles. The Morgan fingerprint density at radius 1 is 1.33 bits per heavy atom. The highest BCUT2D eigenvalue weighted by atomic mass is 79.9. The van der Waals surface area contributed by atoms with Crippen LogP contribution in [-0.2, 0) is 4.74 Å². The van der Waals surface area contributed by atoms with E-state index in [-0.39, 0.29) is 0 Å². The van der Waals surface area contributed by atoms with Gasteiger partial charge in [-0.05, 0) is 44.1 Å². The number of likely N-dealkylation sites (N-methyl/N-ethyl adjacent to an activating group) is 1. The largest absolute Gasteiger partial charge is 0.383 e. The summed E-state index contributed by atoms with van der Waals surface area (Å²) in [6, 6.07) is 9.45. The number of methoxy groups -OCH3 is 1. The van der Waals surface area contributed by atoms with Gasteiger partial charge in [-0.25, -0.2) is 0 Å². The monoisotopic (exact) mass is 356 g/mol. The van der Waals surface area contributed by atoms with E-state index in [1.165, 1.54) is 5.56 Å². The van der Waals surface area contributed by atoms with E-state index >= 15 is 0 Å². The summed E-state index contributed by atoms with van der Waals surface area (Å²) in [6.45, 7) is 10.5. The van der Waals surface area contributed by atoms with Crippen LogP contribution in [-0.4, -0.2) is 44.3 Å². The molecule has 21 heavy (non-hydrogen) atoms. The van der Waals surface area contributed by atoms with Crippen molar-refractivity contribution in [2.24, 2.45) is 0 Å². The van der Waals surface area contributed by atoms with Gasteiger partial charge >= 0.3 is 0 Å². The molecule has 0 aliphatic carbocycles. The topological polar surface area (TPSA) is 24.5 Å². The molecule has 1 N–H and O–H groups in total. The van der Waals surface area contributed by atoms with Crippen molar-refractivity contribution in [3.63, 3.8) is 0 Å². The summed E-state index contributed by atoms with van der Waals surface area (Å²) < 4.78 is 6.42. The van der Waals surface area contributed by atoms with Crippen LogP contribution in [0.15, 0.2) is 28.7 Å². The van der Waals surface area contributed by atoms with Gasteiger partial charge in [-0.15, -0.1) is 0 Å². The quantitative estimate of drug-likeness (QED) is 0.689. The van der Waals surface area contributed by atoms with Crippen LogP contribution >= 0.6 is 15.9 Å². The molecular weight excluding hydrogens is 328 g/mol. The molecule has 2 unspecified atom stereocenters. The molecule has 0 heterocycles. The van der Waals surface area contributed by atoms with Gasteiger partial charge in [0.15, 0.2) is 0 Å². The Kier molecular flexibility index (Phi) is 9.16. The summed E-state index contributed by atoms with van der Waals surface area (Å²) >= 11 is 3.56. The van der Waals surface area contributed by atoms with E-state index in [0.29, 0.717) is 12.1 Å². The minimum atomic E-state index is 0.399. The van der Waals surface area contributed by atoms with Gasteiger partial charge in [0.05, 0.1) is 6.61 Å². The van der Waals surface area contributed by atoms with Crippen molar-refractivity contribution in [1.29, 1.82) is 0 Å². The zero-order valence-electron chi connectivity index (χ0n) is 13.7. The molecule has 2 atom stereocenters.